The molecule has 37 heavy (non-hydrogen) atoms. The average Bonchev–Trinajstić information content (AvgIpc) is 3.37. The van der Waals surface area contributed by atoms with Crippen LogP contribution < -0.4 is 10.6 Å². The molecule has 4 rings (SSSR count). The second-order valence-corrected chi connectivity index (χ2v) is 12.7. The Morgan fingerprint density at radius 1 is 1.14 bits per heavy atom. The van der Waals surface area contributed by atoms with Crippen molar-refractivity contribution in [3.05, 3.63) is 51.7 Å². The van der Waals surface area contributed by atoms with Crippen molar-refractivity contribution in [2.75, 3.05) is 13.1 Å². The molecule has 2 heterocycles. The number of hydrogen-bond acceptors (Lipinski definition) is 6. The third-order valence-electron chi connectivity index (χ3n) is 7.80. The number of likely N-dealkylation sites (tertiary alicyclic amines) is 1. The summed E-state index contributed by atoms with van der Waals surface area (Å²) in [5, 5.41) is 29.7. The number of fused-ring (bicyclic) bond motifs is 1. The monoisotopic (exact) mass is 527 g/mol. The summed E-state index contributed by atoms with van der Waals surface area (Å²) in [7, 11) is 0. The Hall–Kier alpha value is -2.42. The Balaban J connectivity index is 1.55. The predicted molar refractivity (Wildman–Crippen MR) is 147 cm³/mol. The molecule has 5 atom stereocenters. The van der Waals surface area contributed by atoms with Crippen LogP contribution in [0.2, 0.25) is 0 Å². The lowest BCUT2D eigenvalue weighted by Gasteiger charge is -2.47. The van der Waals surface area contributed by atoms with Gasteiger partial charge in [0.25, 0.3) is 5.91 Å². The van der Waals surface area contributed by atoms with Crippen molar-refractivity contribution in [3.8, 4) is 5.75 Å². The third-order valence-corrected chi connectivity index (χ3v) is 8.75. The largest absolute Gasteiger partial charge is 0.508 e. The molecule has 0 unspecified atom stereocenters. The number of amides is 2. The molecule has 8 heteroatoms. The van der Waals surface area contributed by atoms with Crippen LogP contribution in [-0.2, 0) is 4.79 Å². The number of phenols is 1. The number of nitrogens with zero attached hydrogens (tertiary/aromatic N) is 1. The molecule has 1 saturated carbocycles. The van der Waals surface area contributed by atoms with Gasteiger partial charge >= 0.3 is 0 Å². The van der Waals surface area contributed by atoms with Crippen molar-refractivity contribution in [2.24, 2.45) is 11.8 Å². The summed E-state index contributed by atoms with van der Waals surface area (Å²) < 4.78 is 0. The summed E-state index contributed by atoms with van der Waals surface area (Å²) in [5.74, 6) is 0.794. The standard InChI is InChI=1S/C29H41N3O4S/c1-18-21(11-7-12-23(18)33)27(35)30-26(25-13-8-14-37-25)24(34)17-32-16-20-10-6-5-9-19(20)15-22(32)28(36)31-29(2,3)4/h7-8,11-14,19-20,22,24,26,33-34H,5-6,9-10,15-17H2,1-4H3,(H,30,35)(H,31,36)/t19-,20+,22-,24+,26+/m0/s1. The van der Waals surface area contributed by atoms with E-state index < -0.39 is 12.1 Å². The number of aromatic hydroxyl groups is 1. The Labute approximate surface area is 224 Å². The van der Waals surface area contributed by atoms with Crippen LogP contribution in [0.1, 0.15) is 79.7 Å². The van der Waals surface area contributed by atoms with Gasteiger partial charge in [-0.3, -0.25) is 14.5 Å². The molecular formula is C29H41N3O4S. The molecule has 2 amide bonds. The second-order valence-electron chi connectivity index (χ2n) is 11.7. The first-order valence-electron chi connectivity index (χ1n) is 13.4. The molecule has 1 aliphatic heterocycles. The lowest BCUT2D eigenvalue weighted by molar-refractivity contribution is -0.132. The summed E-state index contributed by atoms with van der Waals surface area (Å²) in [5.41, 5.74) is 0.536. The van der Waals surface area contributed by atoms with Crippen molar-refractivity contribution in [1.82, 2.24) is 15.5 Å². The van der Waals surface area contributed by atoms with Gasteiger partial charge in [0.2, 0.25) is 5.91 Å². The molecule has 0 spiro atoms. The van der Waals surface area contributed by atoms with Crippen LogP contribution in [0.5, 0.6) is 5.75 Å². The number of rotatable bonds is 7. The minimum atomic E-state index is -0.912. The van der Waals surface area contributed by atoms with Crippen LogP contribution in [0.4, 0.5) is 0 Å². The summed E-state index contributed by atoms with van der Waals surface area (Å²) >= 11 is 1.48. The summed E-state index contributed by atoms with van der Waals surface area (Å²) in [6, 6.07) is 7.73. The molecule has 1 aromatic heterocycles. The molecule has 1 aromatic carbocycles. The van der Waals surface area contributed by atoms with Crippen LogP contribution in [0.3, 0.4) is 0 Å². The number of nitrogens with one attached hydrogen (secondary N) is 2. The number of carbonyl (C=O) groups excluding carboxylic acids is 2. The zero-order valence-corrected chi connectivity index (χ0v) is 23.2. The fourth-order valence-electron chi connectivity index (χ4n) is 5.89. The van der Waals surface area contributed by atoms with Gasteiger partial charge in [0.1, 0.15) is 5.75 Å². The van der Waals surface area contributed by atoms with E-state index in [0.29, 0.717) is 23.0 Å². The van der Waals surface area contributed by atoms with E-state index in [4.69, 9.17) is 0 Å². The Bertz CT molecular complexity index is 1080. The van der Waals surface area contributed by atoms with Crippen molar-refractivity contribution < 1.29 is 19.8 Å². The quantitative estimate of drug-likeness (QED) is 0.428. The molecule has 202 valence electrons. The lowest BCUT2D eigenvalue weighted by Crippen LogP contribution is -2.59. The van der Waals surface area contributed by atoms with Crippen LogP contribution in [0.15, 0.2) is 35.7 Å². The Morgan fingerprint density at radius 3 is 2.54 bits per heavy atom. The smallest absolute Gasteiger partial charge is 0.252 e. The van der Waals surface area contributed by atoms with Crippen LogP contribution in [0, 0.1) is 18.8 Å². The van der Waals surface area contributed by atoms with E-state index in [-0.39, 0.29) is 35.7 Å². The normalized spacial score (nSPS) is 24.1. The van der Waals surface area contributed by atoms with Crippen LogP contribution in [0.25, 0.3) is 0 Å². The highest BCUT2D eigenvalue weighted by atomic mass is 32.1. The van der Waals surface area contributed by atoms with E-state index in [0.717, 1.165) is 30.7 Å². The first kappa shape index (κ1) is 27.6. The summed E-state index contributed by atoms with van der Waals surface area (Å²) in [4.78, 5) is 29.6. The van der Waals surface area contributed by atoms with Crippen molar-refractivity contribution in [2.45, 2.75) is 83.5 Å². The summed E-state index contributed by atoms with van der Waals surface area (Å²) in [6.07, 6.45) is 4.65. The van der Waals surface area contributed by atoms with E-state index in [2.05, 4.69) is 15.5 Å². The maximum Gasteiger partial charge on any atom is 0.252 e. The van der Waals surface area contributed by atoms with Gasteiger partial charge in [-0.25, -0.2) is 0 Å². The number of aliphatic hydroxyl groups excluding tert-OH is 1. The molecule has 7 nitrogen and oxygen atoms in total. The van der Waals surface area contributed by atoms with Gasteiger partial charge in [0.15, 0.2) is 0 Å². The topological polar surface area (TPSA) is 102 Å². The fraction of sp³-hybridized carbons (Fsp3) is 0.586. The van der Waals surface area contributed by atoms with E-state index in [1.54, 1.807) is 25.1 Å². The lowest BCUT2D eigenvalue weighted by atomic mass is 9.72. The van der Waals surface area contributed by atoms with Gasteiger partial charge in [-0.05, 0) is 76.0 Å². The van der Waals surface area contributed by atoms with Crippen molar-refractivity contribution in [1.29, 1.82) is 0 Å². The van der Waals surface area contributed by atoms with Gasteiger partial charge in [-0.1, -0.05) is 31.4 Å². The fourth-order valence-corrected chi connectivity index (χ4v) is 6.72. The molecular weight excluding hydrogens is 486 g/mol. The highest BCUT2D eigenvalue weighted by Crippen LogP contribution is 2.39. The molecule has 2 fully saturated rings. The zero-order chi connectivity index (χ0) is 26.7. The van der Waals surface area contributed by atoms with Gasteiger partial charge in [-0.2, -0.15) is 0 Å². The maximum atomic E-state index is 13.4. The number of carbonyl (C=O) groups is 2. The van der Waals surface area contributed by atoms with Gasteiger partial charge in [0, 0.05) is 34.6 Å². The SMILES string of the molecule is Cc1c(O)cccc1C(=O)N[C@@H](c1cccs1)[C@H](O)CN1C[C@H]2CCCC[C@H]2C[C@H]1C(=O)NC(C)(C)C. The zero-order valence-electron chi connectivity index (χ0n) is 22.4. The number of hydrogen-bond donors (Lipinski definition) is 4. The molecule has 0 bridgehead atoms. The van der Waals surface area contributed by atoms with E-state index in [1.165, 1.54) is 24.2 Å². The number of piperidine rings is 1. The molecule has 4 N–H and O–H groups in total. The highest BCUT2D eigenvalue weighted by molar-refractivity contribution is 7.10. The number of phenolic OH excluding ortho intramolecular Hbond substituents is 1. The van der Waals surface area contributed by atoms with Crippen LogP contribution >= 0.6 is 11.3 Å². The molecule has 2 aromatic rings. The Morgan fingerprint density at radius 2 is 1.86 bits per heavy atom. The second kappa shape index (κ2) is 11.5. The van der Waals surface area contributed by atoms with E-state index >= 15 is 0 Å². The van der Waals surface area contributed by atoms with Crippen molar-refractivity contribution >= 4 is 23.2 Å². The molecule has 2 aliphatic rings. The minimum Gasteiger partial charge on any atom is -0.508 e. The number of benzene rings is 1. The highest BCUT2D eigenvalue weighted by Gasteiger charge is 2.42. The third kappa shape index (κ3) is 6.72. The van der Waals surface area contributed by atoms with E-state index in [9.17, 15) is 19.8 Å². The molecule has 1 aliphatic carbocycles. The number of aliphatic hydroxyl groups is 1. The summed E-state index contributed by atoms with van der Waals surface area (Å²) in [6.45, 7) is 8.73. The predicted octanol–water partition coefficient (Wildman–Crippen LogP) is 4.39. The Kier molecular flexibility index (Phi) is 8.61. The number of β-amino-alcohol motifs (C(OH)–C–C–N with tert-alkyl or cyclic N) is 1. The molecule has 0 radical (unpaired) electrons. The van der Waals surface area contributed by atoms with Gasteiger partial charge < -0.3 is 20.8 Å². The minimum absolute atomic E-state index is 0.0100. The average molecular weight is 528 g/mol. The van der Waals surface area contributed by atoms with Gasteiger partial charge in [-0.15, -0.1) is 11.3 Å². The van der Waals surface area contributed by atoms with Crippen LogP contribution in [-0.4, -0.2) is 57.7 Å². The first-order valence-corrected chi connectivity index (χ1v) is 14.3. The maximum absolute atomic E-state index is 13.4. The van der Waals surface area contributed by atoms with E-state index in [1.807, 2.05) is 38.3 Å². The van der Waals surface area contributed by atoms with Crippen molar-refractivity contribution in [3.63, 3.8) is 0 Å². The molecule has 1 saturated heterocycles. The van der Waals surface area contributed by atoms with Gasteiger partial charge in [0.05, 0.1) is 18.2 Å². The first-order chi connectivity index (χ1) is 17.5. The number of thiophene rings is 1.